The Kier molecular flexibility index (Phi) is 12.2. The van der Waals surface area contributed by atoms with E-state index in [1.807, 2.05) is 0 Å². The smallest absolute Gasteiger partial charge is 0.184 e. The van der Waals surface area contributed by atoms with Gasteiger partial charge in [0.25, 0.3) is 0 Å². The van der Waals surface area contributed by atoms with Crippen molar-refractivity contribution in [2.24, 2.45) is 17.8 Å². The van der Waals surface area contributed by atoms with Gasteiger partial charge in [0.15, 0.2) is 11.6 Å². The Bertz CT molecular complexity index is 660. The largest absolute Gasteiger partial charge is 0.290 e. The highest BCUT2D eigenvalue weighted by molar-refractivity contribution is 6.22. The zero-order chi connectivity index (χ0) is 22.7. The van der Waals surface area contributed by atoms with E-state index >= 15 is 0 Å². The fourth-order valence-electron chi connectivity index (χ4n) is 4.31. The van der Waals surface area contributed by atoms with E-state index in [1.165, 1.54) is 63.0 Å². The van der Waals surface area contributed by atoms with E-state index in [1.54, 1.807) is 13.8 Å². The van der Waals surface area contributed by atoms with Crippen molar-refractivity contribution in [2.75, 3.05) is 0 Å². The quantitative estimate of drug-likeness (QED) is 0.212. The van der Waals surface area contributed by atoms with Crippen molar-refractivity contribution < 1.29 is 9.59 Å². The molecule has 0 aliphatic heterocycles. The summed E-state index contributed by atoms with van der Waals surface area (Å²) in [6.45, 7) is 15.1. The number of hydrogen-bond donors (Lipinski definition) is 0. The summed E-state index contributed by atoms with van der Waals surface area (Å²) in [4.78, 5) is 24.3. The summed E-state index contributed by atoms with van der Waals surface area (Å²) < 4.78 is 0. The molecule has 30 heavy (non-hydrogen) atoms. The van der Waals surface area contributed by atoms with Crippen molar-refractivity contribution in [1.29, 1.82) is 0 Å². The summed E-state index contributed by atoms with van der Waals surface area (Å²) in [5.41, 5.74) is 3.17. The molecule has 2 heteroatoms. The molecular weight excluding hydrogens is 368 g/mol. The first-order valence-corrected chi connectivity index (χ1v) is 12.2. The molecule has 0 aromatic rings. The van der Waals surface area contributed by atoms with Crippen LogP contribution in [0, 0.1) is 17.8 Å². The topological polar surface area (TPSA) is 34.1 Å². The van der Waals surface area contributed by atoms with Crippen LogP contribution >= 0.6 is 0 Å². The van der Waals surface area contributed by atoms with E-state index in [9.17, 15) is 9.59 Å². The molecule has 0 unspecified atom stereocenters. The Balaban J connectivity index is 2.25. The zero-order valence-electron chi connectivity index (χ0n) is 20.8. The third-order valence-corrected chi connectivity index (χ3v) is 6.59. The maximum atomic E-state index is 12.2. The van der Waals surface area contributed by atoms with Gasteiger partial charge in [-0.15, -0.1) is 0 Å². The van der Waals surface area contributed by atoms with Crippen molar-refractivity contribution in [2.45, 2.75) is 113 Å². The Morgan fingerprint density at radius 1 is 0.867 bits per heavy atom. The molecule has 1 aliphatic carbocycles. The number of rotatable bonds is 14. The molecule has 1 aliphatic rings. The predicted molar refractivity (Wildman–Crippen MR) is 130 cm³/mol. The molecule has 170 valence electrons. The normalized spacial score (nSPS) is 17.6. The summed E-state index contributed by atoms with van der Waals surface area (Å²) in [5, 5.41) is 0. The molecule has 0 saturated heterocycles. The van der Waals surface area contributed by atoms with Gasteiger partial charge in [0, 0.05) is 16.7 Å². The van der Waals surface area contributed by atoms with Gasteiger partial charge in [0.2, 0.25) is 0 Å². The molecular formula is C28H46O2. The number of hydrogen-bond acceptors (Lipinski definition) is 2. The molecule has 0 spiro atoms. The molecule has 0 N–H and O–H groups in total. The van der Waals surface area contributed by atoms with E-state index in [4.69, 9.17) is 0 Å². The highest BCUT2D eigenvalue weighted by Crippen LogP contribution is 2.24. The van der Waals surface area contributed by atoms with Gasteiger partial charge in [-0.1, -0.05) is 84.3 Å². The summed E-state index contributed by atoms with van der Waals surface area (Å²) in [6, 6.07) is 0. The number of Topliss-reactive ketones (excluding diaryl/α,β-unsaturated/α-hetero) is 1. The summed E-state index contributed by atoms with van der Waals surface area (Å²) in [7, 11) is 0. The fourth-order valence-corrected chi connectivity index (χ4v) is 4.31. The highest BCUT2D eigenvalue weighted by Gasteiger charge is 2.22. The SMILES string of the molecule is CC1=CC(=O)C(C/C=C(\C)CCC[C@H](C)CCC[C@H](C)CCCC(C)C)=C(C)C1=O. The fraction of sp³-hybridized carbons (Fsp3) is 0.714. The summed E-state index contributed by atoms with van der Waals surface area (Å²) >= 11 is 0. The maximum Gasteiger partial charge on any atom is 0.184 e. The molecule has 0 aromatic heterocycles. The lowest BCUT2D eigenvalue weighted by Gasteiger charge is -2.15. The maximum absolute atomic E-state index is 12.2. The molecule has 0 radical (unpaired) electrons. The molecule has 1 rings (SSSR count). The number of carbonyl (C=O) groups is 2. The first kappa shape index (κ1) is 26.6. The van der Waals surface area contributed by atoms with Crippen LogP contribution in [0.3, 0.4) is 0 Å². The molecule has 0 amide bonds. The minimum Gasteiger partial charge on any atom is -0.290 e. The molecule has 0 saturated carbocycles. The average molecular weight is 415 g/mol. The Hall–Kier alpha value is -1.44. The van der Waals surface area contributed by atoms with Crippen LogP contribution in [0.2, 0.25) is 0 Å². The van der Waals surface area contributed by atoms with Crippen LogP contribution in [-0.4, -0.2) is 11.6 Å². The highest BCUT2D eigenvalue weighted by atomic mass is 16.1. The van der Waals surface area contributed by atoms with Crippen molar-refractivity contribution >= 4 is 11.6 Å². The first-order chi connectivity index (χ1) is 14.1. The Morgan fingerprint density at radius 3 is 1.97 bits per heavy atom. The summed E-state index contributed by atoms with van der Waals surface area (Å²) in [5.74, 6) is 2.50. The third kappa shape index (κ3) is 10.0. The molecule has 2 atom stereocenters. The van der Waals surface area contributed by atoms with E-state index in [0.717, 1.165) is 24.2 Å². The number of carbonyl (C=O) groups excluding carboxylic acids is 2. The van der Waals surface area contributed by atoms with Crippen LogP contribution in [0.5, 0.6) is 0 Å². The van der Waals surface area contributed by atoms with Gasteiger partial charge in [0.05, 0.1) is 0 Å². The van der Waals surface area contributed by atoms with Gasteiger partial charge in [-0.25, -0.2) is 0 Å². The van der Waals surface area contributed by atoms with Gasteiger partial charge in [-0.2, -0.15) is 0 Å². The van der Waals surface area contributed by atoms with Crippen molar-refractivity contribution in [3.8, 4) is 0 Å². The summed E-state index contributed by atoms with van der Waals surface area (Å²) in [6.07, 6.45) is 16.0. The second kappa shape index (κ2) is 13.8. The number of ketones is 2. The third-order valence-electron chi connectivity index (χ3n) is 6.59. The van der Waals surface area contributed by atoms with E-state index in [-0.39, 0.29) is 11.6 Å². The zero-order valence-corrected chi connectivity index (χ0v) is 20.8. The lowest BCUT2D eigenvalue weighted by molar-refractivity contribution is -0.115. The van der Waals surface area contributed by atoms with Gasteiger partial charge >= 0.3 is 0 Å². The van der Waals surface area contributed by atoms with Crippen molar-refractivity contribution in [3.05, 3.63) is 34.4 Å². The minimum absolute atomic E-state index is 0.000654. The van der Waals surface area contributed by atoms with Gasteiger partial charge in [0.1, 0.15) is 0 Å². The lowest BCUT2D eigenvalue weighted by Crippen LogP contribution is -2.16. The van der Waals surface area contributed by atoms with Gasteiger partial charge in [-0.05, 0) is 63.9 Å². The molecule has 0 bridgehead atoms. The van der Waals surface area contributed by atoms with Crippen molar-refractivity contribution in [3.63, 3.8) is 0 Å². The second-order valence-electron chi connectivity index (χ2n) is 10.2. The molecule has 2 nitrogen and oxygen atoms in total. The second-order valence-corrected chi connectivity index (χ2v) is 10.2. The van der Waals surface area contributed by atoms with E-state index in [2.05, 4.69) is 40.7 Å². The minimum atomic E-state index is 0.000654. The van der Waals surface area contributed by atoms with Crippen LogP contribution in [-0.2, 0) is 9.59 Å². The molecule has 0 fully saturated rings. The predicted octanol–water partition coefficient (Wildman–Crippen LogP) is 8.18. The van der Waals surface area contributed by atoms with Crippen LogP contribution in [0.25, 0.3) is 0 Å². The van der Waals surface area contributed by atoms with Gasteiger partial charge in [-0.3, -0.25) is 9.59 Å². The average Bonchev–Trinajstić information content (AvgIpc) is 2.65. The Labute approximate surface area is 186 Å². The van der Waals surface area contributed by atoms with Crippen LogP contribution < -0.4 is 0 Å². The van der Waals surface area contributed by atoms with Gasteiger partial charge < -0.3 is 0 Å². The van der Waals surface area contributed by atoms with E-state index in [0.29, 0.717) is 23.1 Å². The molecule has 0 heterocycles. The van der Waals surface area contributed by atoms with Crippen LogP contribution in [0.4, 0.5) is 0 Å². The first-order valence-electron chi connectivity index (χ1n) is 12.2. The lowest BCUT2D eigenvalue weighted by atomic mass is 9.88. The van der Waals surface area contributed by atoms with Crippen LogP contribution in [0.15, 0.2) is 34.4 Å². The standard InChI is InChI=1S/C28H46O2/c1-20(2)11-8-12-21(3)13-9-14-22(4)15-10-16-23(5)17-18-26-25(7)28(30)24(6)19-27(26)29/h17,19-22H,8-16,18H2,1-7H3/b23-17+/t21-,22-/m1/s1. The monoisotopic (exact) mass is 414 g/mol. The Morgan fingerprint density at radius 2 is 1.40 bits per heavy atom. The van der Waals surface area contributed by atoms with Crippen molar-refractivity contribution in [1.82, 2.24) is 0 Å². The van der Waals surface area contributed by atoms with Crippen LogP contribution in [0.1, 0.15) is 113 Å². The van der Waals surface area contributed by atoms with E-state index < -0.39 is 0 Å². The molecule has 0 aromatic carbocycles. The number of allylic oxidation sites excluding steroid dienone is 6.